The molecule has 0 unspecified atom stereocenters. The van der Waals surface area contributed by atoms with Gasteiger partial charge < -0.3 is 9.64 Å². The Kier molecular flexibility index (Phi) is 5.44. The number of hydrogen-bond donors (Lipinski definition) is 0. The zero-order valence-corrected chi connectivity index (χ0v) is 14.1. The normalized spacial score (nSPS) is 21.6. The Morgan fingerprint density at radius 2 is 2.27 bits per heavy atom. The van der Waals surface area contributed by atoms with Crippen molar-refractivity contribution >= 4 is 17.2 Å². The maximum atomic E-state index is 12.5. The van der Waals surface area contributed by atoms with Crippen molar-refractivity contribution in [1.29, 1.82) is 0 Å². The molecule has 1 saturated carbocycles. The van der Waals surface area contributed by atoms with Gasteiger partial charge in [-0.3, -0.25) is 9.69 Å². The average molecular weight is 323 g/mol. The van der Waals surface area contributed by atoms with Crippen LogP contribution in [0.2, 0.25) is 0 Å². The second-order valence-electron chi connectivity index (χ2n) is 6.35. The molecule has 6 heteroatoms. The molecule has 2 fully saturated rings. The average Bonchev–Trinajstić information content (AvgIpc) is 3.26. The van der Waals surface area contributed by atoms with Crippen LogP contribution < -0.4 is 0 Å². The van der Waals surface area contributed by atoms with Gasteiger partial charge in [0.05, 0.1) is 17.8 Å². The molecule has 22 heavy (non-hydrogen) atoms. The Morgan fingerprint density at radius 1 is 1.41 bits per heavy atom. The fraction of sp³-hybridized carbons (Fsp3) is 0.750. The van der Waals surface area contributed by atoms with Crippen molar-refractivity contribution in [2.24, 2.45) is 5.92 Å². The molecule has 122 valence electrons. The summed E-state index contributed by atoms with van der Waals surface area (Å²) in [6.45, 7) is 7.10. The molecule has 0 aromatic carbocycles. The minimum Gasteiger partial charge on any atom is -0.368 e. The van der Waals surface area contributed by atoms with E-state index in [0.717, 1.165) is 51.4 Å². The summed E-state index contributed by atoms with van der Waals surface area (Å²) in [5.74, 6) is 0.851. The van der Waals surface area contributed by atoms with Crippen LogP contribution in [0.3, 0.4) is 0 Å². The van der Waals surface area contributed by atoms with E-state index >= 15 is 0 Å². The van der Waals surface area contributed by atoms with E-state index in [-0.39, 0.29) is 12.0 Å². The highest BCUT2D eigenvalue weighted by molar-refractivity contribution is 7.07. The topological polar surface area (TPSA) is 45.7 Å². The minimum atomic E-state index is -0.300. The molecule has 0 N–H and O–H groups in total. The lowest BCUT2D eigenvalue weighted by molar-refractivity contribution is -0.142. The summed E-state index contributed by atoms with van der Waals surface area (Å²) in [5.41, 5.74) is 3.01. The van der Waals surface area contributed by atoms with Crippen LogP contribution in [-0.4, -0.2) is 59.6 Å². The van der Waals surface area contributed by atoms with Crippen LogP contribution in [0.15, 0.2) is 10.9 Å². The Hall–Kier alpha value is -0.980. The van der Waals surface area contributed by atoms with Crippen molar-refractivity contribution < 1.29 is 9.53 Å². The highest BCUT2D eigenvalue weighted by Gasteiger charge is 2.27. The number of ether oxygens (including phenoxy) is 1. The van der Waals surface area contributed by atoms with Crippen molar-refractivity contribution in [2.45, 2.75) is 38.8 Å². The Balaban J connectivity index is 1.45. The van der Waals surface area contributed by atoms with Gasteiger partial charge >= 0.3 is 0 Å². The SMILES string of the molecule is C[C@@H](OCC1CC1)C(=O)N1CCCN(Cc2cscn2)CC1. The van der Waals surface area contributed by atoms with Gasteiger partial charge in [0.25, 0.3) is 5.91 Å². The molecule has 2 aliphatic rings. The summed E-state index contributed by atoms with van der Waals surface area (Å²) >= 11 is 1.64. The lowest BCUT2D eigenvalue weighted by Gasteiger charge is -2.24. The Morgan fingerprint density at radius 3 is 3.00 bits per heavy atom. The number of amides is 1. The first kappa shape index (κ1) is 15.9. The van der Waals surface area contributed by atoms with Crippen molar-refractivity contribution in [1.82, 2.24) is 14.8 Å². The standard InChI is InChI=1S/C16H25N3O2S/c1-13(21-10-14-3-4-14)16(20)19-6-2-5-18(7-8-19)9-15-11-22-12-17-15/h11-14H,2-10H2,1H3/t13-/m1/s1. The Bertz CT molecular complexity index is 476. The second-order valence-corrected chi connectivity index (χ2v) is 7.07. The number of thiazole rings is 1. The number of aromatic nitrogens is 1. The van der Waals surface area contributed by atoms with Gasteiger partial charge in [0, 0.05) is 38.1 Å². The van der Waals surface area contributed by atoms with Gasteiger partial charge in [-0.1, -0.05) is 0 Å². The van der Waals surface area contributed by atoms with Crippen LogP contribution in [0.4, 0.5) is 0 Å². The molecule has 2 heterocycles. The first-order chi connectivity index (χ1) is 10.7. The van der Waals surface area contributed by atoms with Gasteiger partial charge in [-0.05, 0) is 32.1 Å². The van der Waals surface area contributed by atoms with Crippen LogP contribution in [0.5, 0.6) is 0 Å². The maximum Gasteiger partial charge on any atom is 0.251 e. The highest BCUT2D eigenvalue weighted by atomic mass is 32.1. The van der Waals surface area contributed by atoms with Gasteiger partial charge in [-0.25, -0.2) is 4.98 Å². The molecule has 0 bridgehead atoms. The molecule has 1 aromatic heterocycles. The second kappa shape index (κ2) is 7.53. The van der Waals surface area contributed by atoms with E-state index in [1.165, 1.54) is 12.8 Å². The summed E-state index contributed by atoms with van der Waals surface area (Å²) in [6.07, 6.45) is 3.24. The lowest BCUT2D eigenvalue weighted by Crippen LogP contribution is -2.41. The van der Waals surface area contributed by atoms with Crippen molar-refractivity contribution in [2.75, 3.05) is 32.8 Å². The minimum absolute atomic E-state index is 0.149. The van der Waals surface area contributed by atoms with Gasteiger partial charge in [0.1, 0.15) is 6.10 Å². The summed E-state index contributed by atoms with van der Waals surface area (Å²) < 4.78 is 5.72. The molecule has 1 aliphatic carbocycles. The predicted molar refractivity (Wildman–Crippen MR) is 86.7 cm³/mol. The van der Waals surface area contributed by atoms with E-state index in [4.69, 9.17) is 4.74 Å². The molecular weight excluding hydrogens is 298 g/mol. The molecule has 0 radical (unpaired) electrons. The molecule has 1 atom stereocenters. The van der Waals surface area contributed by atoms with Crippen LogP contribution in [0.25, 0.3) is 0 Å². The van der Waals surface area contributed by atoms with E-state index in [0.29, 0.717) is 5.92 Å². The molecule has 0 spiro atoms. The monoisotopic (exact) mass is 323 g/mol. The van der Waals surface area contributed by atoms with E-state index in [9.17, 15) is 4.79 Å². The fourth-order valence-corrected chi connectivity index (χ4v) is 3.34. The number of hydrogen-bond acceptors (Lipinski definition) is 5. The first-order valence-corrected chi connectivity index (χ1v) is 9.16. The molecule has 1 aromatic rings. The van der Waals surface area contributed by atoms with Crippen molar-refractivity contribution in [3.63, 3.8) is 0 Å². The zero-order valence-electron chi connectivity index (χ0n) is 13.2. The quantitative estimate of drug-likeness (QED) is 0.803. The smallest absolute Gasteiger partial charge is 0.251 e. The zero-order chi connectivity index (χ0) is 15.4. The molecule has 3 rings (SSSR count). The molecule has 1 saturated heterocycles. The van der Waals surface area contributed by atoms with E-state index in [2.05, 4.69) is 15.3 Å². The largest absolute Gasteiger partial charge is 0.368 e. The third-order valence-electron chi connectivity index (χ3n) is 4.40. The van der Waals surface area contributed by atoms with Crippen LogP contribution in [0.1, 0.15) is 31.9 Å². The van der Waals surface area contributed by atoms with Crippen LogP contribution in [0, 0.1) is 5.92 Å². The Labute approximate surface area is 136 Å². The van der Waals surface area contributed by atoms with E-state index in [1.807, 2.05) is 17.3 Å². The fourth-order valence-electron chi connectivity index (χ4n) is 2.79. The summed E-state index contributed by atoms with van der Waals surface area (Å²) in [5, 5.41) is 2.10. The van der Waals surface area contributed by atoms with Crippen molar-refractivity contribution in [3.8, 4) is 0 Å². The van der Waals surface area contributed by atoms with Crippen molar-refractivity contribution in [3.05, 3.63) is 16.6 Å². The molecule has 1 aliphatic heterocycles. The van der Waals surface area contributed by atoms with E-state index < -0.39 is 0 Å². The van der Waals surface area contributed by atoms with Gasteiger partial charge in [0.15, 0.2) is 0 Å². The number of carbonyl (C=O) groups excluding carboxylic acids is 1. The van der Waals surface area contributed by atoms with E-state index in [1.54, 1.807) is 11.3 Å². The predicted octanol–water partition coefficient (Wildman–Crippen LogP) is 1.99. The van der Waals surface area contributed by atoms with Gasteiger partial charge in [-0.2, -0.15) is 0 Å². The van der Waals surface area contributed by atoms with Gasteiger partial charge in [-0.15, -0.1) is 11.3 Å². The summed E-state index contributed by atoms with van der Waals surface area (Å²) in [6, 6.07) is 0. The molecule has 5 nitrogen and oxygen atoms in total. The highest BCUT2D eigenvalue weighted by Crippen LogP contribution is 2.29. The van der Waals surface area contributed by atoms with Crippen LogP contribution >= 0.6 is 11.3 Å². The first-order valence-electron chi connectivity index (χ1n) is 8.22. The third-order valence-corrected chi connectivity index (χ3v) is 5.03. The maximum absolute atomic E-state index is 12.5. The molecule has 1 amide bonds. The summed E-state index contributed by atoms with van der Waals surface area (Å²) in [7, 11) is 0. The number of nitrogens with zero attached hydrogens (tertiary/aromatic N) is 3. The lowest BCUT2D eigenvalue weighted by atomic mass is 10.3. The molecular formula is C16H25N3O2S. The number of rotatable bonds is 6. The number of carbonyl (C=O) groups is 1. The third kappa shape index (κ3) is 4.51. The summed E-state index contributed by atoms with van der Waals surface area (Å²) in [4.78, 5) is 21.2. The van der Waals surface area contributed by atoms with Gasteiger partial charge in [0.2, 0.25) is 0 Å². The van der Waals surface area contributed by atoms with Crippen LogP contribution in [-0.2, 0) is 16.1 Å².